The SMILES string of the molecule is CC1CCCC1C(N)Cc1cccc(Cl)c1Cl. The average molecular weight is 272 g/mol. The third kappa shape index (κ3) is 2.96. The van der Waals surface area contributed by atoms with Gasteiger partial charge in [-0.1, -0.05) is 55.1 Å². The van der Waals surface area contributed by atoms with Gasteiger partial charge in [-0.3, -0.25) is 0 Å². The minimum Gasteiger partial charge on any atom is -0.327 e. The number of benzene rings is 1. The predicted octanol–water partition coefficient (Wildman–Crippen LogP) is 4.30. The minimum absolute atomic E-state index is 0.198. The van der Waals surface area contributed by atoms with Crippen LogP contribution in [0.25, 0.3) is 0 Å². The lowest BCUT2D eigenvalue weighted by Gasteiger charge is -2.23. The summed E-state index contributed by atoms with van der Waals surface area (Å²) in [5.41, 5.74) is 7.39. The van der Waals surface area contributed by atoms with E-state index in [0.717, 1.165) is 17.9 Å². The first-order valence-corrected chi connectivity index (χ1v) is 7.03. The Hall–Kier alpha value is -0.240. The standard InChI is InChI=1S/C14H19Cl2N/c1-9-4-2-6-11(9)13(17)8-10-5-3-7-12(15)14(10)16/h3,5,7,9,11,13H,2,4,6,8,17H2,1H3. The predicted molar refractivity (Wildman–Crippen MR) is 74.6 cm³/mol. The van der Waals surface area contributed by atoms with Gasteiger partial charge in [0.25, 0.3) is 0 Å². The van der Waals surface area contributed by atoms with E-state index in [1.165, 1.54) is 19.3 Å². The smallest absolute Gasteiger partial charge is 0.0624 e. The molecule has 0 amide bonds. The van der Waals surface area contributed by atoms with Crippen molar-refractivity contribution in [3.05, 3.63) is 33.8 Å². The van der Waals surface area contributed by atoms with Crippen LogP contribution < -0.4 is 5.73 Å². The van der Waals surface area contributed by atoms with E-state index in [2.05, 4.69) is 6.92 Å². The van der Waals surface area contributed by atoms with Crippen molar-refractivity contribution in [2.45, 2.75) is 38.6 Å². The van der Waals surface area contributed by atoms with Gasteiger partial charge in [0.05, 0.1) is 10.0 Å². The molecule has 1 aliphatic rings. The van der Waals surface area contributed by atoms with E-state index in [4.69, 9.17) is 28.9 Å². The molecule has 3 atom stereocenters. The van der Waals surface area contributed by atoms with Gasteiger partial charge in [-0.15, -0.1) is 0 Å². The fourth-order valence-corrected chi connectivity index (χ4v) is 3.32. The van der Waals surface area contributed by atoms with Crippen molar-refractivity contribution in [2.75, 3.05) is 0 Å². The number of halogens is 2. The second-order valence-electron chi connectivity index (χ2n) is 5.15. The van der Waals surface area contributed by atoms with Crippen molar-refractivity contribution in [2.24, 2.45) is 17.6 Å². The van der Waals surface area contributed by atoms with Crippen molar-refractivity contribution in [1.82, 2.24) is 0 Å². The highest BCUT2D eigenvalue weighted by Gasteiger charge is 2.29. The average Bonchev–Trinajstić information content (AvgIpc) is 2.71. The molecule has 0 heterocycles. The van der Waals surface area contributed by atoms with Crippen LogP contribution in [0, 0.1) is 11.8 Å². The van der Waals surface area contributed by atoms with Crippen LogP contribution in [0.4, 0.5) is 0 Å². The molecule has 1 aromatic rings. The van der Waals surface area contributed by atoms with Crippen LogP contribution in [-0.2, 0) is 6.42 Å². The Labute approximate surface area is 113 Å². The minimum atomic E-state index is 0.198. The molecular formula is C14H19Cl2N. The molecule has 0 aromatic heterocycles. The Bertz CT molecular complexity index is 392. The van der Waals surface area contributed by atoms with Gasteiger partial charge >= 0.3 is 0 Å². The molecule has 3 unspecified atom stereocenters. The molecule has 0 radical (unpaired) electrons. The largest absolute Gasteiger partial charge is 0.327 e. The normalized spacial score (nSPS) is 26.1. The lowest BCUT2D eigenvalue weighted by atomic mass is 9.87. The van der Waals surface area contributed by atoms with Gasteiger partial charge in [0.1, 0.15) is 0 Å². The maximum atomic E-state index is 6.32. The third-order valence-electron chi connectivity index (χ3n) is 3.96. The third-order valence-corrected chi connectivity index (χ3v) is 4.82. The van der Waals surface area contributed by atoms with Gasteiger partial charge in [-0.05, 0) is 36.3 Å². The summed E-state index contributed by atoms with van der Waals surface area (Å²) >= 11 is 12.2. The summed E-state index contributed by atoms with van der Waals surface area (Å²) in [6.45, 7) is 2.30. The first-order chi connectivity index (χ1) is 8.09. The summed E-state index contributed by atoms with van der Waals surface area (Å²) < 4.78 is 0. The van der Waals surface area contributed by atoms with E-state index < -0.39 is 0 Å². The van der Waals surface area contributed by atoms with Crippen LogP contribution in [0.1, 0.15) is 31.7 Å². The molecule has 3 heteroatoms. The zero-order chi connectivity index (χ0) is 12.4. The van der Waals surface area contributed by atoms with E-state index in [0.29, 0.717) is 16.0 Å². The summed E-state index contributed by atoms with van der Waals surface area (Å²) in [5.74, 6) is 1.37. The van der Waals surface area contributed by atoms with E-state index in [-0.39, 0.29) is 6.04 Å². The Balaban J connectivity index is 2.07. The van der Waals surface area contributed by atoms with Crippen molar-refractivity contribution in [3.63, 3.8) is 0 Å². The maximum absolute atomic E-state index is 6.32. The molecule has 1 aliphatic carbocycles. The molecule has 0 aliphatic heterocycles. The van der Waals surface area contributed by atoms with Gasteiger partial charge in [0.2, 0.25) is 0 Å². The molecule has 2 N–H and O–H groups in total. The molecular weight excluding hydrogens is 253 g/mol. The molecule has 1 fully saturated rings. The van der Waals surface area contributed by atoms with Crippen LogP contribution in [0.5, 0.6) is 0 Å². The first kappa shape index (κ1) is 13.2. The summed E-state index contributed by atoms with van der Waals surface area (Å²) in [5, 5.41) is 1.28. The molecule has 1 aromatic carbocycles. The summed E-state index contributed by atoms with van der Waals surface area (Å²) in [6, 6.07) is 5.97. The fourth-order valence-electron chi connectivity index (χ4n) is 2.92. The van der Waals surface area contributed by atoms with Crippen LogP contribution in [0.2, 0.25) is 10.0 Å². The van der Waals surface area contributed by atoms with Gasteiger partial charge < -0.3 is 5.73 Å². The highest BCUT2D eigenvalue weighted by Crippen LogP contribution is 2.35. The molecule has 1 nitrogen and oxygen atoms in total. The van der Waals surface area contributed by atoms with E-state index in [1.54, 1.807) is 0 Å². The van der Waals surface area contributed by atoms with Crippen molar-refractivity contribution < 1.29 is 0 Å². The molecule has 2 rings (SSSR count). The molecule has 0 bridgehead atoms. The topological polar surface area (TPSA) is 26.0 Å². The van der Waals surface area contributed by atoms with Gasteiger partial charge in [-0.2, -0.15) is 0 Å². The van der Waals surface area contributed by atoms with E-state index in [9.17, 15) is 0 Å². The zero-order valence-corrected chi connectivity index (χ0v) is 11.6. The monoisotopic (exact) mass is 271 g/mol. The number of rotatable bonds is 3. The van der Waals surface area contributed by atoms with Crippen LogP contribution in [0.15, 0.2) is 18.2 Å². The molecule has 0 spiro atoms. The molecule has 94 valence electrons. The van der Waals surface area contributed by atoms with Crippen LogP contribution >= 0.6 is 23.2 Å². The van der Waals surface area contributed by atoms with Crippen molar-refractivity contribution >= 4 is 23.2 Å². The van der Waals surface area contributed by atoms with Gasteiger partial charge in [-0.25, -0.2) is 0 Å². The highest BCUT2D eigenvalue weighted by molar-refractivity contribution is 6.42. The summed E-state index contributed by atoms with van der Waals surface area (Å²) in [7, 11) is 0. The van der Waals surface area contributed by atoms with E-state index >= 15 is 0 Å². The Morgan fingerprint density at radius 3 is 2.76 bits per heavy atom. The quantitative estimate of drug-likeness (QED) is 0.872. The van der Waals surface area contributed by atoms with E-state index in [1.807, 2.05) is 18.2 Å². The Morgan fingerprint density at radius 2 is 2.12 bits per heavy atom. The van der Waals surface area contributed by atoms with Crippen molar-refractivity contribution in [1.29, 1.82) is 0 Å². The molecule has 0 saturated heterocycles. The molecule has 17 heavy (non-hydrogen) atoms. The lowest BCUT2D eigenvalue weighted by molar-refractivity contribution is 0.343. The maximum Gasteiger partial charge on any atom is 0.0624 e. The second kappa shape index (κ2) is 5.60. The summed E-state index contributed by atoms with van der Waals surface area (Å²) in [6.07, 6.45) is 4.69. The lowest BCUT2D eigenvalue weighted by Crippen LogP contribution is -2.33. The Kier molecular flexibility index (Phi) is 4.35. The van der Waals surface area contributed by atoms with Crippen molar-refractivity contribution in [3.8, 4) is 0 Å². The fraction of sp³-hybridized carbons (Fsp3) is 0.571. The number of hydrogen-bond acceptors (Lipinski definition) is 1. The van der Waals surface area contributed by atoms with Crippen LogP contribution in [-0.4, -0.2) is 6.04 Å². The molecule has 1 saturated carbocycles. The van der Waals surface area contributed by atoms with Gasteiger partial charge in [0.15, 0.2) is 0 Å². The van der Waals surface area contributed by atoms with Gasteiger partial charge in [0, 0.05) is 6.04 Å². The Morgan fingerprint density at radius 1 is 1.35 bits per heavy atom. The highest BCUT2D eigenvalue weighted by atomic mass is 35.5. The summed E-state index contributed by atoms with van der Waals surface area (Å²) in [4.78, 5) is 0. The van der Waals surface area contributed by atoms with Crippen LogP contribution in [0.3, 0.4) is 0 Å². The number of nitrogens with two attached hydrogens (primary N) is 1. The second-order valence-corrected chi connectivity index (χ2v) is 5.94. The zero-order valence-electron chi connectivity index (χ0n) is 10.1. The number of hydrogen-bond donors (Lipinski definition) is 1. The first-order valence-electron chi connectivity index (χ1n) is 6.28.